The zero-order chi connectivity index (χ0) is 20.9. The highest BCUT2D eigenvalue weighted by molar-refractivity contribution is 5.92. The lowest BCUT2D eigenvalue weighted by Gasteiger charge is -2.30. The van der Waals surface area contributed by atoms with Gasteiger partial charge in [0.1, 0.15) is 6.61 Å². The number of nitrogens with two attached hydrogens (primary N) is 1. The minimum absolute atomic E-state index is 0.00859. The Morgan fingerprint density at radius 1 is 1.23 bits per heavy atom. The zero-order valence-corrected chi connectivity index (χ0v) is 16.4. The first-order valence-electron chi connectivity index (χ1n) is 9.81. The fraction of sp³-hybridized carbons (Fsp3) is 0.273. The van der Waals surface area contributed by atoms with Gasteiger partial charge in [0.05, 0.1) is 17.3 Å². The number of piperidine rings is 1. The van der Waals surface area contributed by atoms with Crippen molar-refractivity contribution in [1.82, 2.24) is 19.7 Å². The van der Waals surface area contributed by atoms with Crippen molar-refractivity contribution in [2.24, 2.45) is 5.73 Å². The van der Waals surface area contributed by atoms with E-state index in [0.29, 0.717) is 42.5 Å². The first-order chi connectivity index (χ1) is 14.6. The summed E-state index contributed by atoms with van der Waals surface area (Å²) in [6.45, 7) is 1.51. The molecule has 1 amide bonds. The van der Waals surface area contributed by atoms with Gasteiger partial charge in [0.2, 0.25) is 5.88 Å². The first kappa shape index (κ1) is 19.6. The number of amides is 1. The van der Waals surface area contributed by atoms with Gasteiger partial charge in [-0.3, -0.25) is 9.78 Å². The summed E-state index contributed by atoms with van der Waals surface area (Å²) in [6.07, 6.45) is 5.20. The Morgan fingerprint density at radius 3 is 2.70 bits per heavy atom. The van der Waals surface area contributed by atoms with Crippen LogP contribution in [-0.4, -0.2) is 44.7 Å². The van der Waals surface area contributed by atoms with Crippen molar-refractivity contribution in [3.8, 4) is 17.6 Å². The molecule has 30 heavy (non-hydrogen) atoms. The predicted molar refractivity (Wildman–Crippen MR) is 110 cm³/mol. The second-order valence-corrected chi connectivity index (χ2v) is 7.24. The van der Waals surface area contributed by atoms with Gasteiger partial charge in [0, 0.05) is 37.6 Å². The molecule has 8 heteroatoms. The summed E-state index contributed by atoms with van der Waals surface area (Å²) in [5.74, 6) is 0.285. The lowest BCUT2D eigenvalue weighted by atomic mass is 10.1. The summed E-state index contributed by atoms with van der Waals surface area (Å²) in [6, 6.07) is 14.4. The number of nitriles is 1. The highest BCUT2D eigenvalue weighted by Crippen LogP contribution is 2.23. The number of pyridine rings is 1. The molecule has 0 radical (unpaired) electrons. The molecule has 0 bridgehead atoms. The molecule has 2 aromatic heterocycles. The number of carbonyl (C=O) groups excluding carboxylic acids is 1. The summed E-state index contributed by atoms with van der Waals surface area (Å²) in [5, 5.41) is 13.6. The lowest BCUT2D eigenvalue weighted by molar-refractivity contribution is 0.0702. The number of aromatic nitrogens is 3. The van der Waals surface area contributed by atoms with E-state index in [9.17, 15) is 4.79 Å². The topological polar surface area (TPSA) is 110 Å². The van der Waals surface area contributed by atoms with Crippen LogP contribution in [0.15, 0.2) is 54.9 Å². The predicted octanol–water partition coefficient (Wildman–Crippen LogP) is 2.28. The van der Waals surface area contributed by atoms with Crippen molar-refractivity contribution >= 4 is 5.91 Å². The van der Waals surface area contributed by atoms with Crippen LogP contribution in [0.25, 0.3) is 5.69 Å². The van der Waals surface area contributed by atoms with Crippen LogP contribution >= 0.6 is 0 Å². The van der Waals surface area contributed by atoms with Crippen LogP contribution in [0.5, 0.6) is 5.88 Å². The van der Waals surface area contributed by atoms with E-state index in [-0.39, 0.29) is 11.9 Å². The SMILES string of the molecule is N#Cc1ccc(-n2nc(C(=O)N3CCC[C@@H](N)C3)cc2OCc2ccncc2)cc1. The third-order valence-corrected chi connectivity index (χ3v) is 5.02. The second-order valence-electron chi connectivity index (χ2n) is 7.24. The standard InChI is InChI=1S/C22H22N6O2/c23-13-16-3-5-19(6-4-16)28-21(30-15-17-7-9-25-10-8-17)12-20(26-28)22(29)27-11-1-2-18(24)14-27/h3-10,12,18H,1-2,11,14-15,24H2/t18-/m1/s1. The Balaban J connectivity index is 1.63. The molecule has 1 aliphatic heterocycles. The largest absolute Gasteiger partial charge is 0.473 e. The molecular weight excluding hydrogens is 380 g/mol. The number of hydrogen-bond donors (Lipinski definition) is 1. The van der Waals surface area contributed by atoms with Gasteiger partial charge in [-0.2, -0.15) is 10.4 Å². The average Bonchev–Trinajstić information content (AvgIpc) is 3.22. The molecule has 0 unspecified atom stereocenters. The van der Waals surface area contributed by atoms with E-state index in [1.54, 1.807) is 52.3 Å². The molecule has 1 aliphatic rings. The van der Waals surface area contributed by atoms with E-state index in [4.69, 9.17) is 15.7 Å². The van der Waals surface area contributed by atoms with Crippen LogP contribution in [0, 0.1) is 11.3 Å². The van der Waals surface area contributed by atoms with Crippen LogP contribution in [0.1, 0.15) is 34.5 Å². The Morgan fingerprint density at radius 2 is 2.00 bits per heavy atom. The van der Waals surface area contributed by atoms with Crippen molar-refractivity contribution in [1.29, 1.82) is 5.26 Å². The van der Waals surface area contributed by atoms with Crippen LogP contribution in [-0.2, 0) is 6.61 Å². The maximum absolute atomic E-state index is 13.0. The van der Waals surface area contributed by atoms with Gasteiger partial charge in [0.25, 0.3) is 5.91 Å². The van der Waals surface area contributed by atoms with E-state index >= 15 is 0 Å². The molecule has 0 spiro atoms. The maximum atomic E-state index is 13.0. The monoisotopic (exact) mass is 402 g/mol. The number of hydrogen-bond acceptors (Lipinski definition) is 6. The molecule has 1 fully saturated rings. The highest BCUT2D eigenvalue weighted by Gasteiger charge is 2.25. The maximum Gasteiger partial charge on any atom is 0.274 e. The molecule has 152 valence electrons. The molecule has 1 saturated heterocycles. The van der Waals surface area contributed by atoms with Gasteiger partial charge in [-0.25, -0.2) is 4.68 Å². The third-order valence-electron chi connectivity index (χ3n) is 5.02. The lowest BCUT2D eigenvalue weighted by Crippen LogP contribution is -2.45. The Bertz CT molecular complexity index is 1060. The van der Waals surface area contributed by atoms with Crippen molar-refractivity contribution < 1.29 is 9.53 Å². The Hall–Kier alpha value is -3.70. The molecule has 1 aromatic carbocycles. The number of benzene rings is 1. The van der Waals surface area contributed by atoms with Gasteiger partial charge in [0.15, 0.2) is 5.69 Å². The Labute approximate surface area is 174 Å². The zero-order valence-electron chi connectivity index (χ0n) is 16.4. The molecule has 8 nitrogen and oxygen atoms in total. The number of rotatable bonds is 5. The van der Waals surface area contributed by atoms with Crippen LogP contribution in [0.4, 0.5) is 0 Å². The number of carbonyl (C=O) groups is 1. The van der Waals surface area contributed by atoms with Gasteiger partial charge in [-0.1, -0.05) is 0 Å². The van der Waals surface area contributed by atoms with Crippen molar-refractivity contribution in [2.75, 3.05) is 13.1 Å². The van der Waals surface area contributed by atoms with Crippen molar-refractivity contribution in [3.05, 3.63) is 71.7 Å². The second kappa shape index (κ2) is 8.76. The van der Waals surface area contributed by atoms with E-state index in [1.807, 2.05) is 12.1 Å². The number of likely N-dealkylation sites (tertiary alicyclic amines) is 1. The molecule has 2 N–H and O–H groups in total. The minimum Gasteiger partial charge on any atom is -0.473 e. The Kier molecular flexibility index (Phi) is 5.72. The summed E-state index contributed by atoms with van der Waals surface area (Å²) >= 11 is 0. The molecule has 0 saturated carbocycles. The summed E-state index contributed by atoms with van der Waals surface area (Å²) in [4.78, 5) is 18.8. The van der Waals surface area contributed by atoms with E-state index < -0.39 is 0 Å². The molecule has 1 atom stereocenters. The van der Waals surface area contributed by atoms with Gasteiger partial charge >= 0.3 is 0 Å². The summed E-state index contributed by atoms with van der Waals surface area (Å²) in [5.41, 5.74) is 8.53. The van der Waals surface area contributed by atoms with Crippen molar-refractivity contribution in [3.63, 3.8) is 0 Å². The fourth-order valence-electron chi connectivity index (χ4n) is 3.43. The quantitative estimate of drug-likeness (QED) is 0.701. The third kappa shape index (κ3) is 4.31. The van der Waals surface area contributed by atoms with Crippen LogP contribution in [0.2, 0.25) is 0 Å². The van der Waals surface area contributed by atoms with Crippen LogP contribution in [0.3, 0.4) is 0 Å². The van der Waals surface area contributed by atoms with Gasteiger partial charge < -0.3 is 15.4 Å². The van der Waals surface area contributed by atoms with Crippen molar-refractivity contribution in [2.45, 2.75) is 25.5 Å². The first-order valence-corrected chi connectivity index (χ1v) is 9.81. The normalized spacial score (nSPS) is 16.1. The van der Waals surface area contributed by atoms with Gasteiger partial charge in [-0.15, -0.1) is 0 Å². The summed E-state index contributed by atoms with van der Waals surface area (Å²) in [7, 11) is 0. The molecule has 0 aliphatic carbocycles. The van der Waals surface area contributed by atoms with E-state index in [0.717, 1.165) is 18.4 Å². The number of nitrogens with zero attached hydrogens (tertiary/aromatic N) is 5. The van der Waals surface area contributed by atoms with E-state index in [1.165, 1.54) is 0 Å². The average molecular weight is 402 g/mol. The molecular formula is C22H22N6O2. The number of ether oxygens (including phenoxy) is 1. The highest BCUT2D eigenvalue weighted by atomic mass is 16.5. The summed E-state index contributed by atoms with van der Waals surface area (Å²) < 4.78 is 7.57. The smallest absolute Gasteiger partial charge is 0.274 e. The fourth-order valence-corrected chi connectivity index (χ4v) is 3.43. The minimum atomic E-state index is -0.161. The van der Waals surface area contributed by atoms with E-state index in [2.05, 4.69) is 16.2 Å². The molecule has 3 aromatic rings. The van der Waals surface area contributed by atoms with Crippen LogP contribution < -0.4 is 10.5 Å². The molecule has 4 rings (SSSR count). The molecule has 3 heterocycles. The van der Waals surface area contributed by atoms with Gasteiger partial charge in [-0.05, 0) is 54.8 Å².